The highest BCUT2D eigenvalue weighted by atomic mass is 32.2. The largest absolute Gasteiger partial charge is 0.505 e. The van der Waals surface area contributed by atoms with Gasteiger partial charge in [-0.25, -0.2) is 9.78 Å². The number of ether oxygens (including phenoxy) is 3. The quantitative estimate of drug-likeness (QED) is 0.0230. The van der Waals surface area contributed by atoms with Crippen molar-refractivity contribution >= 4 is 114 Å². The summed E-state index contributed by atoms with van der Waals surface area (Å²) in [6.07, 6.45) is -0.237. The number of carbonyl (C=O) groups is 2. The van der Waals surface area contributed by atoms with Gasteiger partial charge in [0.1, 0.15) is 60.5 Å². The number of hydrazone groups is 1. The Balaban J connectivity index is 1.10. The summed E-state index contributed by atoms with van der Waals surface area (Å²) in [5.74, 6) is -4.10. The third-order valence-corrected chi connectivity index (χ3v) is 15.1. The Morgan fingerprint density at radius 3 is 1.96 bits per heavy atom. The zero-order chi connectivity index (χ0) is 57.5. The van der Waals surface area contributed by atoms with Crippen molar-refractivity contribution in [1.29, 1.82) is 0 Å². The van der Waals surface area contributed by atoms with E-state index < -0.39 is 96.0 Å². The van der Waals surface area contributed by atoms with E-state index in [9.17, 15) is 71.7 Å². The Morgan fingerprint density at radius 1 is 0.684 bits per heavy atom. The number of aromatic amines is 1. The number of carboxylic acid groups (broad SMARTS) is 1. The van der Waals surface area contributed by atoms with Crippen molar-refractivity contribution in [2.75, 3.05) is 31.6 Å². The van der Waals surface area contributed by atoms with Crippen molar-refractivity contribution in [2.45, 2.75) is 41.0 Å². The molecule has 0 radical (unpaired) electrons. The third kappa shape index (κ3) is 12.2. The lowest BCUT2D eigenvalue weighted by atomic mass is 10.1. The molecule has 1 unspecified atom stereocenters. The normalized spacial score (nSPS) is 14.6. The van der Waals surface area contributed by atoms with Gasteiger partial charge in [0.05, 0.1) is 49.0 Å². The number of fused-ring (bicyclic) bond motifs is 3. The van der Waals surface area contributed by atoms with Crippen molar-refractivity contribution < 1.29 is 85.9 Å². The zero-order valence-corrected chi connectivity index (χ0v) is 44.2. The lowest BCUT2D eigenvalue weighted by Crippen LogP contribution is -2.33. The number of amides is 1. The van der Waals surface area contributed by atoms with Gasteiger partial charge in [-0.1, -0.05) is 0 Å². The molecule has 0 bridgehead atoms. The molecule has 0 spiro atoms. The first-order valence-electron chi connectivity index (χ1n) is 22.3. The van der Waals surface area contributed by atoms with Gasteiger partial charge >= 0.3 is 5.97 Å². The molecular formula is C46H40N10O19S4. The molecule has 1 atom stereocenters. The Hall–Kier alpha value is -8.70. The van der Waals surface area contributed by atoms with Crippen molar-refractivity contribution in [2.24, 2.45) is 35.8 Å². The molecule has 1 amide bonds. The van der Waals surface area contributed by atoms with Crippen LogP contribution < -0.4 is 19.2 Å². The van der Waals surface area contributed by atoms with Crippen LogP contribution in [-0.2, 0) is 50.1 Å². The maximum Gasteiger partial charge on any atom is 0.355 e. The summed E-state index contributed by atoms with van der Waals surface area (Å²) in [7, 11) is -16.6. The minimum atomic E-state index is -5.22. The third-order valence-electron chi connectivity index (χ3n) is 11.6. The van der Waals surface area contributed by atoms with Crippen LogP contribution in [0.25, 0.3) is 33.2 Å². The van der Waals surface area contributed by atoms with Crippen LogP contribution in [-0.4, -0.2) is 122 Å². The van der Waals surface area contributed by atoms with Crippen LogP contribution in [0.1, 0.15) is 17.5 Å². The number of nitrogens with one attached hydrogen (secondary N) is 1. The minimum Gasteiger partial charge on any atom is -0.505 e. The summed E-state index contributed by atoms with van der Waals surface area (Å²) in [6, 6.07) is 16.2. The monoisotopic (exact) mass is 1160 g/mol. The summed E-state index contributed by atoms with van der Waals surface area (Å²) in [4.78, 5) is 31.4. The molecule has 2 heterocycles. The number of azo groups is 3. The highest BCUT2D eigenvalue weighted by molar-refractivity contribution is 7.86. The first-order valence-corrected chi connectivity index (χ1v) is 28.2. The summed E-state index contributed by atoms with van der Waals surface area (Å²) >= 11 is 0. The number of carbonyl (C=O) groups excluding carboxylic acids is 1. The van der Waals surface area contributed by atoms with Crippen LogP contribution in [0.3, 0.4) is 0 Å². The van der Waals surface area contributed by atoms with Gasteiger partial charge in [0.25, 0.3) is 46.4 Å². The van der Waals surface area contributed by atoms with E-state index in [1.165, 1.54) is 94.8 Å². The highest BCUT2D eigenvalue weighted by Gasteiger charge is 2.41. The number of carboxylic acids is 1. The number of aliphatic carboxylic acids is 1. The predicted molar refractivity (Wildman–Crippen MR) is 278 cm³/mol. The zero-order valence-electron chi connectivity index (χ0n) is 40.9. The topological polar surface area (TPSA) is 438 Å². The number of aromatic nitrogens is 2. The molecule has 0 fully saturated rings. The summed E-state index contributed by atoms with van der Waals surface area (Å²) < 4.78 is 152. The molecule has 6 aromatic carbocycles. The molecule has 0 saturated heterocycles. The van der Waals surface area contributed by atoms with Gasteiger partial charge in [0.15, 0.2) is 11.5 Å². The first kappa shape index (κ1) is 56.5. The molecule has 33 heteroatoms. The van der Waals surface area contributed by atoms with Crippen LogP contribution in [0.4, 0.5) is 34.1 Å². The van der Waals surface area contributed by atoms with Gasteiger partial charge in [-0.05, 0) is 98.1 Å². The number of aryl methyl sites for hydroxylation is 2. The lowest BCUT2D eigenvalue weighted by Gasteiger charge is -2.13. The maximum atomic E-state index is 13.6. The van der Waals surface area contributed by atoms with E-state index in [0.717, 1.165) is 23.2 Å². The predicted octanol–water partition coefficient (Wildman–Crippen LogP) is 7.89. The number of hydrogen-bond acceptors (Lipinski definition) is 22. The van der Waals surface area contributed by atoms with Crippen molar-refractivity contribution in [1.82, 2.24) is 9.97 Å². The number of anilines is 1. The number of hydrogen-bond donors (Lipinski definition) is 7. The fourth-order valence-electron chi connectivity index (χ4n) is 7.79. The average molecular weight is 1170 g/mol. The van der Waals surface area contributed by atoms with E-state index in [2.05, 4.69) is 45.8 Å². The Bertz CT molecular complexity index is 4280. The van der Waals surface area contributed by atoms with Crippen LogP contribution >= 0.6 is 0 Å². The van der Waals surface area contributed by atoms with E-state index >= 15 is 0 Å². The molecule has 1 aliphatic heterocycles. The van der Waals surface area contributed by atoms with Crippen LogP contribution in [0, 0.1) is 13.8 Å². The van der Waals surface area contributed by atoms with Gasteiger partial charge in [0, 0.05) is 34.5 Å². The molecule has 7 N–H and O–H groups in total. The van der Waals surface area contributed by atoms with Gasteiger partial charge in [0.2, 0.25) is 6.04 Å². The molecule has 8 rings (SSSR count). The number of aromatic hydroxyl groups is 1. The SMILES string of the molecule is COc1ccc(N=Nc2cc(OCCCS(=O)(=O)O)c(N=Nc3c(S(=O)(=O)O)cc4c(ccc5nc(-c6ccc(N7N=C(C(=O)O)C(N=Nc8cc(C)c(S(=O)(=O)O)cc8OC)C7=O)cc6)[nH]c54)c3O)cc2C)c(S(=O)(=O)O)c1. The average Bonchev–Trinajstić information content (AvgIpc) is 4.23. The molecule has 1 aromatic heterocycles. The van der Waals surface area contributed by atoms with E-state index in [0.29, 0.717) is 5.56 Å². The standard InChI is InChI=1S/C46H40N10O19S4/c1-22-16-33(35(75-14-5-15-76(61,62)63)20-31(22)50-49-29-12-10-26(73-3)18-37(29)78(67,68)69)52-53-40-38(79(70,71)72)19-28-27(43(40)57)11-13-30-39(28)48-44(47-30)24-6-8-25(9-7-24)56-45(58)41(42(55-56)46(59)60)54-51-32-17-23(2)36(77(64,65)66)21-34(32)74-4/h6-13,16-21,41,57H,5,14-15H2,1-4H3,(H,47,48)(H,59,60)(H,61,62,63)(H,64,65,66)(H,67,68,69)(H,70,71,72). The second kappa shape index (κ2) is 21.6. The number of methoxy groups -OCH3 is 2. The second-order valence-electron chi connectivity index (χ2n) is 16.9. The first-order chi connectivity index (χ1) is 37.1. The van der Waals surface area contributed by atoms with E-state index in [-0.39, 0.29) is 97.5 Å². The smallest absolute Gasteiger partial charge is 0.355 e. The van der Waals surface area contributed by atoms with Crippen molar-refractivity contribution in [3.8, 4) is 34.4 Å². The number of benzene rings is 6. The molecule has 29 nitrogen and oxygen atoms in total. The molecule has 0 saturated carbocycles. The number of imidazole rings is 1. The molecule has 79 heavy (non-hydrogen) atoms. The van der Waals surface area contributed by atoms with E-state index in [1.807, 2.05) is 0 Å². The summed E-state index contributed by atoms with van der Waals surface area (Å²) in [5, 5.41) is 50.4. The Morgan fingerprint density at radius 2 is 1.33 bits per heavy atom. The Kier molecular flexibility index (Phi) is 15.5. The lowest BCUT2D eigenvalue weighted by molar-refractivity contribution is -0.130. The fourth-order valence-corrected chi connectivity index (χ4v) is 10.3. The second-order valence-corrected chi connectivity index (χ2v) is 22.6. The highest BCUT2D eigenvalue weighted by Crippen LogP contribution is 2.45. The summed E-state index contributed by atoms with van der Waals surface area (Å²) in [6.45, 7) is 2.51. The van der Waals surface area contributed by atoms with Crippen LogP contribution in [0.5, 0.6) is 23.0 Å². The van der Waals surface area contributed by atoms with E-state index in [4.69, 9.17) is 14.2 Å². The maximum absolute atomic E-state index is 13.6. The summed E-state index contributed by atoms with van der Waals surface area (Å²) in [5.41, 5.74) is -0.783. The van der Waals surface area contributed by atoms with Crippen molar-refractivity contribution in [3.63, 3.8) is 0 Å². The number of nitrogens with zero attached hydrogens (tertiary/aromatic N) is 9. The molecule has 412 valence electrons. The fraction of sp³-hybridized carbons (Fsp3) is 0.174. The molecule has 1 aliphatic rings. The molecular weight excluding hydrogens is 1120 g/mol. The van der Waals surface area contributed by atoms with Crippen molar-refractivity contribution in [3.05, 3.63) is 96.1 Å². The van der Waals surface area contributed by atoms with Gasteiger partial charge in [-0.3, -0.25) is 23.0 Å². The van der Waals surface area contributed by atoms with Gasteiger partial charge in [-0.15, -0.1) is 15.3 Å². The number of phenolic OH excluding ortho intramolecular Hbond substituents is 1. The number of H-pyrrole nitrogens is 1. The number of phenols is 1. The molecule has 0 aliphatic carbocycles. The number of rotatable bonds is 19. The minimum absolute atomic E-state index is 0.00846. The Labute approximate surface area is 446 Å². The van der Waals surface area contributed by atoms with Gasteiger partial charge < -0.3 is 29.4 Å². The van der Waals surface area contributed by atoms with Crippen LogP contribution in [0.15, 0.2) is 135 Å². The van der Waals surface area contributed by atoms with Crippen LogP contribution in [0.2, 0.25) is 0 Å². The van der Waals surface area contributed by atoms with Gasteiger partial charge in [-0.2, -0.15) is 59.1 Å². The van der Waals surface area contributed by atoms with E-state index in [1.54, 1.807) is 0 Å². The molecule has 7 aromatic rings.